The summed E-state index contributed by atoms with van der Waals surface area (Å²) in [5.74, 6) is -1.31. The van der Waals surface area contributed by atoms with Gasteiger partial charge in [0.1, 0.15) is 6.04 Å². The largest absolute Gasteiger partial charge is 0.480 e. The maximum Gasteiger partial charge on any atom is 0.326 e. The second-order valence-electron chi connectivity index (χ2n) is 5.08. The first-order valence-corrected chi connectivity index (χ1v) is 6.58. The highest BCUT2D eigenvalue weighted by Gasteiger charge is 2.39. The Balaban J connectivity index is 1.99. The molecule has 0 saturated heterocycles. The maximum absolute atomic E-state index is 12.6. The molecular formula is C14H15N3O3. The molecule has 0 aliphatic heterocycles. The Hall–Kier alpha value is -2.37. The predicted octanol–water partition coefficient (Wildman–Crippen LogP) is 1.64. The number of fused-ring (bicyclic) bond motifs is 1. The fourth-order valence-electron chi connectivity index (χ4n) is 2.38. The molecule has 1 aromatic carbocycles. The van der Waals surface area contributed by atoms with Crippen LogP contribution in [0, 0.1) is 0 Å². The molecule has 2 N–H and O–H groups in total. The lowest BCUT2D eigenvalue weighted by molar-refractivity contribution is -0.141. The number of aromatic nitrogens is 2. The molecule has 1 atom stereocenters. The molecule has 0 radical (unpaired) electrons. The number of carbonyl (C=O) groups excluding carboxylic acids is 1. The highest BCUT2D eigenvalue weighted by molar-refractivity contribution is 6.05. The number of H-pyrrole nitrogens is 1. The molecule has 6 nitrogen and oxygen atoms in total. The summed E-state index contributed by atoms with van der Waals surface area (Å²) in [5.41, 5.74) is 1.06. The quantitative estimate of drug-likeness (QED) is 0.886. The van der Waals surface area contributed by atoms with Crippen LogP contribution in [0.1, 0.15) is 30.3 Å². The van der Waals surface area contributed by atoms with Crippen LogP contribution in [0.2, 0.25) is 0 Å². The van der Waals surface area contributed by atoms with E-state index in [2.05, 4.69) is 10.2 Å². The summed E-state index contributed by atoms with van der Waals surface area (Å²) >= 11 is 0. The van der Waals surface area contributed by atoms with Crippen molar-refractivity contribution in [3.63, 3.8) is 0 Å². The van der Waals surface area contributed by atoms with Crippen molar-refractivity contribution in [2.45, 2.75) is 31.8 Å². The van der Waals surface area contributed by atoms with Gasteiger partial charge in [0.05, 0.1) is 5.52 Å². The second-order valence-corrected chi connectivity index (χ2v) is 5.08. The fourth-order valence-corrected chi connectivity index (χ4v) is 2.38. The van der Waals surface area contributed by atoms with Crippen molar-refractivity contribution in [3.05, 3.63) is 30.0 Å². The topological polar surface area (TPSA) is 86.3 Å². The number of carboxylic acids is 1. The van der Waals surface area contributed by atoms with Gasteiger partial charge in [-0.3, -0.25) is 9.89 Å². The van der Waals surface area contributed by atoms with Gasteiger partial charge in [-0.05, 0) is 25.8 Å². The molecule has 20 heavy (non-hydrogen) atoms. The van der Waals surface area contributed by atoms with Gasteiger partial charge in [0.2, 0.25) is 0 Å². The monoisotopic (exact) mass is 273 g/mol. The number of hydrogen-bond acceptors (Lipinski definition) is 3. The summed E-state index contributed by atoms with van der Waals surface area (Å²) in [6.45, 7) is 1.54. The number of para-hydroxylation sites is 1. The summed E-state index contributed by atoms with van der Waals surface area (Å²) in [6, 6.07) is 6.50. The summed E-state index contributed by atoms with van der Waals surface area (Å²) in [4.78, 5) is 25.3. The first-order chi connectivity index (χ1) is 9.59. The van der Waals surface area contributed by atoms with E-state index in [1.165, 1.54) is 11.8 Å². The highest BCUT2D eigenvalue weighted by Crippen LogP contribution is 2.31. The SMILES string of the molecule is CC(C(=O)O)N(C(=O)c1n[nH]c2ccccc12)C1CC1. The number of hydrogen-bond donors (Lipinski definition) is 2. The third-order valence-electron chi connectivity index (χ3n) is 3.62. The lowest BCUT2D eigenvalue weighted by Crippen LogP contribution is -2.44. The van der Waals surface area contributed by atoms with Crippen LogP contribution in [-0.2, 0) is 4.79 Å². The van der Waals surface area contributed by atoms with E-state index in [-0.39, 0.29) is 11.9 Å². The van der Waals surface area contributed by atoms with Gasteiger partial charge in [-0.15, -0.1) is 0 Å². The first-order valence-electron chi connectivity index (χ1n) is 6.58. The normalized spacial score (nSPS) is 16.1. The molecule has 104 valence electrons. The zero-order valence-electron chi connectivity index (χ0n) is 11.0. The summed E-state index contributed by atoms with van der Waals surface area (Å²) in [5, 5.41) is 16.8. The maximum atomic E-state index is 12.6. The Morgan fingerprint density at radius 2 is 2.10 bits per heavy atom. The molecule has 1 aliphatic rings. The van der Waals surface area contributed by atoms with Crippen molar-refractivity contribution >= 4 is 22.8 Å². The van der Waals surface area contributed by atoms with Gasteiger partial charge in [-0.2, -0.15) is 5.10 Å². The molecule has 3 rings (SSSR count). The third-order valence-corrected chi connectivity index (χ3v) is 3.62. The van der Waals surface area contributed by atoms with E-state index in [1.54, 1.807) is 0 Å². The molecular weight excluding hydrogens is 258 g/mol. The van der Waals surface area contributed by atoms with Gasteiger partial charge in [0, 0.05) is 11.4 Å². The van der Waals surface area contributed by atoms with Crippen molar-refractivity contribution in [3.8, 4) is 0 Å². The molecule has 1 aliphatic carbocycles. The van der Waals surface area contributed by atoms with E-state index in [4.69, 9.17) is 5.11 Å². The Bertz CT molecular complexity index is 675. The summed E-state index contributed by atoms with van der Waals surface area (Å²) < 4.78 is 0. The van der Waals surface area contributed by atoms with Gasteiger partial charge >= 0.3 is 5.97 Å². The number of carboxylic acid groups (broad SMARTS) is 1. The van der Waals surface area contributed by atoms with E-state index >= 15 is 0 Å². The Labute approximate surface area is 115 Å². The molecule has 1 saturated carbocycles. The van der Waals surface area contributed by atoms with Gasteiger partial charge in [0.15, 0.2) is 5.69 Å². The number of amides is 1. The molecule has 1 fully saturated rings. The molecule has 0 spiro atoms. The van der Waals surface area contributed by atoms with E-state index in [0.29, 0.717) is 5.69 Å². The van der Waals surface area contributed by atoms with E-state index in [9.17, 15) is 9.59 Å². The number of nitrogens with zero attached hydrogens (tertiary/aromatic N) is 2. The zero-order chi connectivity index (χ0) is 14.3. The summed E-state index contributed by atoms with van der Waals surface area (Å²) in [6.07, 6.45) is 1.71. The minimum absolute atomic E-state index is 0.0177. The average Bonchev–Trinajstić information content (AvgIpc) is 3.17. The Morgan fingerprint density at radius 1 is 1.40 bits per heavy atom. The van der Waals surface area contributed by atoms with Gasteiger partial charge < -0.3 is 10.0 Å². The van der Waals surface area contributed by atoms with Crippen LogP contribution in [0.15, 0.2) is 24.3 Å². The molecule has 1 amide bonds. The van der Waals surface area contributed by atoms with Crippen LogP contribution >= 0.6 is 0 Å². The Morgan fingerprint density at radius 3 is 2.75 bits per heavy atom. The number of rotatable bonds is 4. The number of nitrogens with one attached hydrogen (secondary N) is 1. The predicted molar refractivity (Wildman–Crippen MR) is 72.4 cm³/mol. The molecule has 1 aromatic heterocycles. The van der Waals surface area contributed by atoms with Crippen LogP contribution in [0.3, 0.4) is 0 Å². The third kappa shape index (κ3) is 2.03. The second kappa shape index (κ2) is 4.63. The molecule has 2 aromatic rings. The molecule has 1 heterocycles. The van der Waals surface area contributed by atoms with Crippen LogP contribution < -0.4 is 0 Å². The minimum Gasteiger partial charge on any atom is -0.480 e. The van der Waals surface area contributed by atoms with Gasteiger partial charge in [-0.1, -0.05) is 18.2 Å². The lowest BCUT2D eigenvalue weighted by atomic mass is 10.1. The smallest absolute Gasteiger partial charge is 0.326 e. The van der Waals surface area contributed by atoms with E-state index < -0.39 is 12.0 Å². The van der Waals surface area contributed by atoms with Gasteiger partial charge in [0.25, 0.3) is 5.91 Å². The van der Waals surface area contributed by atoms with Crippen LogP contribution in [-0.4, -0.2) is 44.2 Å². The molecule has 0 bridgehead atoms. The van der Waals surface area contributed by atoms with Crippen molar-refractivity contribution in [2.24, 2.45) is 0 Å². The van der Waals surface area contributed by atoms with Crippen LogP contribution in [0.5, 0.6) is 0 Å². The number of carbonyl (C=O) groups is 2. The number of aliphatic carboxylic acids is 1. The van der Waals surface area contributed by atoms with E-state index in [1.807, 2.05) is 24.3 Å². The van der Waals surface area contributed by atoms with Crippen molar-refractivity contribution in [1.82, 2.24) is 15.1 Å². The van der Waals surface area contributed by atoms with Crippen LogP contribution in [0.25, 0.3) is 10.9 Å². The highest BCUT2D eigenvalue weighted by atomic mass is 16.4. The fraction of sp³-hybridized carbons (Fsp3) is 0.357. The average molecular weight is 273 g/mol. The molecule has 1 unspecified atom stereocenters. The molecule has 6 heteroatoms. The standard InChI is InChI=1S/C14H15N3O3/c1-8(14(19)20)17(9-6-7-9)13(18)12-10-4-2-3-5-11(10)15-16-12/h2-5,8-9H,6-7H2,1H3,(H,15,16)(H,19,20). The zero-order valence-corrected chi connectivity index (χ0v) is 11.0. The lowest BCUT2D eigenvalue weighted by Gasteiger charge is -2.25. The van der Waals surface area contributed by atoms with Crippen LogP contribution in [0.4, 0.5) is 0 Å². The van der Waals surface area contributed by atoms with Crippen molar-refractivity contribution < 1.29 is 14.7 Å². The number of aromatic amines is 1. The first kappa shape index (κ1) is 12.7. The van der Waals surface area contributed by atoms with Crippen molar-refractivity contribution in [2.75, 3.05) is 0 Å². The minimum atomic E-state index is -0.995. The Kier molecular flexibility index (Phi) is 2.93. The van der Waals surface area contributed by atoms with E-state index in [0.717, 1.165) is 23.7 Å². The summed E-state index contributed by atoms with van der Waals surface area (Å²) in [7, 11) is 0. The van der Waals surface area contributed by atoms with Crippen molar-refractivity contribution in [1.29, 1.82) is 0 Å². The number of benzene rings is 1. The van der Waals surface area contributed by atoms with Gasteiger partial charge in [-0.25, -0.2) is 4.79 Å².